The molecule has 110 valence electrons. The minimum Gasteiger partial charge on any atom is -0.496 e. The minimum absolute atomic E-state index is 0.00620. The van der Waals surface area contributed by atoms with Crippen molar-refractivity contribution in [3.63, 3.8) is 0 Å². The van der Waals surface area contributed by atoms with Crippen LogP contribution in [0.25, 0.3) is 0 Å². The fourth-order valence-electron chi connectivity index (χ4n) is 2.16. The molecule has 1 aromatic carbocycles. The Balaban J connectivity index is 2.97. The highest BCUT2D eigenvalue weighted by Gasteiger charge is 2.16. The van der Waals surface area contributed by atoms with Crippen LogP contribution in [0.15, 0.2) is 12.1 Å². The SMILES string of the molecule is COc1cc(C)c(C(=O)CCCC(=O)O)cc1C(C)C. The van der Waals surface area contributed by atoms with E-state index in [4.69, 9.17) is 9.84 Å². The molecular weight excluding hydrogens is 256 g/mol. The third kappa shape index (κ3) is 4.08. The number of hydrogen-bond acceptors (Lipinski definition) is 3. The van der Waals surface area contributed by atoms with Gasteiger partial charge in [-0.1, -0.05) is 13.8 Å². The molecule has 4 heteroatoms. The maximum Gasteiger partial charge on any atom is 0.303 e. The van der Waals surface area contributed by atoms with Crippen LogP contribution >= 0.6 is 0 Å². The summed E-state index contributed by atoms with van der Waals surface area (Å²) in [5, 5.41) is 8.61. The van der Waals surface area contributed by atoms with Gasteiger partial charge in [0.05, 0.1) is 7.11 Å². The van der Waals surface area contributed by atoms with Crippen LogP contribution in [0.4, 0.5) is 0 Å². The fraction of sp³-hybridized carbons (Fsp3) is 0.500. The Labute approximate surface area is 119 Å². The van der Waals surface area contributed by atoms with E-state index in [2.05, 4.69) is 0 Å². The quantitative estimate of drug-likeness (QED) is 0.774. The Morgan fingerprint density at radius 2 is 1.90 bits per heavy atom. The van der Waals surface area contributed by atoms with Crippen LogP contribution in [0.3, 0.4) is 0 Å². The molecule has 1 N–H and O–H groups in total. The fourth-order valence-corrected chi connectivity index (χ4v) is 2.16. The van der Waals surface area contributed by atoms with Crippen molar-refractivity contribution in [3.8, 4) is 5.75 Å². The molecule has 0 unspecified atom stereocenters. The second-order valence-electron chi connectivity index (χ2n) is 5.23. The van der Waals surface area contributed by atoms with Crippen molar-refractivity contribution >= 4 is 11.8 Å². The first-order valence-corrected chi connectivity index (χ1v) is 6.80. The van der Waals surface area contributed by atoms with Crippen molar-refractivity contribution in [1.82, 2.24) is 0 Å². The van der Waals surface area contributed by atoms with E-state index in [1.165, 1.54) is 0 Å². The summed E-state index contributed by atoms with van der Waals surface area (Å²) >= 11 is 0. The van der Waals surface area contributed by atoms with Crippen molar-refractivity contribution < 1.29 is 19.4 Å². The van der Waals surface area contributed by atoms with E-state index in [9.17, 15) is 9.59 Å². The summed E-state index contributed by atoms with van der Waals surface area (Å²) in [6.45, 7) is 5.97. The number of ether oxygens (including phenoxy) is 1. The van der Waals surface area contributed by atoms with E-state index in [-0.39, 0.29) is 24.5 Å². The number of benzene rings is 1. The molecular formula is C16H22O4. The van der Waals surface area contributed by atoms with Gasteiger partial charge in [-0.2, -0.15) is 0 Å². The molecule has 0 saturated heterocycles. The molecule has 0 aliphatic carbocycles. The summed E-state index contributed by atoms with van der Waals surface area (Å²) in [4.78, 5) is 22.7. The number of ketones is 1. The first-order chi connectivity index (χ1) is 9.36. The number of methoxy groups -OCH3 is 1. The number of Topliss-reactive ketones (excluding diaryl/α,β-unsaturated/α-hetero) is 1. The lowest BCUT2D eigenvalue weighted by molar-refractivity contribution is -0.137. The van der Waals surface area contributed by atoms with Gasteiger partial charge in [-0.15, -0.1) is 0 Å². The zero-order valence-electron chi connectivity index (χ0n) is 12.5. The highest BCUT2D eigenvalue weighted by Crippen LogP contribution is 2.30. The molecule has 0 aliphatic heterocycles. The van der Waals surface area contributed by atoms with Gasteiger partial charge in [-0.25, -0.2) is 0 Å². The van der Waals surface area contributed by atoms with Crippen LogP contribution in [-0.4, -0.2) is 24.0 Å². The van der Waals surface area contributed by atoms with Gasteiger partial charge >= 0.3 is 5.97 Å². The summed E-state index contributed by atoms with van der Waals surface area (Å²) in [5.74, 6) is 0.177. The molecule has 0 atom stereocenters. The average molecular weight is 278 g/mol. The summed E-state index contributed by atoms with van der Waals surface area (Å²) in [7, 11) is 1.62. The monoisotopic (exact) mass is 278 g/mol. The molecule has 0 radical (unpaired) electrons. The molecule has 0 saturated carbocycles. The maximum absolute atomic E-state index is 12.2. The molecule has 0 aliphatic rings. The van der Waals surface area contributed by atoms with Crippen molar-refractivity contribution in [2.45, 2.75) is 46.0 Å². The number of hydrogen-bond donors (Lipinski definition) is 1. The predicted octanol–water partition coefficient (Wildman–Crippen LogP) is 3.56. The van der Waals surface area contributed by atoms with Crippen molar-refractivity contribution in [3.05, 3.63) is 28.8 Å². The second kappa shape index (κ2) is 7.08. The lowest BCUT2D eigenvalue weighted by atomic mass is 9.93. The van der Waals surface area contributed by atoms with E-state index in [0.717, 1.165) is 16.9 Å². The Morgan fingerprint density at radius 3 is 2.40 bits per heavy atom. The first kappa shape index (κ1) is 16.2. The summed E-state index contributed by atoms with van der Waals surface area (Å²) in [6.07, 6.45) is 0.658. The van der Waals surface area contributed by atoms with Crippen molar-refractivity contribution in [2.75, 3.05) is 7.11 Å². The molecule has 0 fully saturated rings. The molecule has 1 aromatic rings. The van der Waals surface area contributed by atoms with Crippen molar-refractivity contribution in [1.29, 1.82) is 0 Å². The molecule has 4 nitrogen and oxygen atoms in total. The molecule has 20 heavy (non-hydrogen) atoms. The largest absolute Gasteiger partial charge is 0.496 e. The highest BCUT2D eigenvalue weighted by atomic mass is 16.5. The van der Waals surface area contributed by atoms with Crippen LogP contribution in [0.2, 0.25) is 0 Å². The number of carboxylic acid groups (broad SMARTS) is 1. The molecule has 0 aromatic heterocycles. The number of rotatable bonds is 7. The van der Waals surface area contributed by atoms with Crippen molar-refractivity contribution in [2.24, 2.45) is 0 Å². The smallest absolute Gasteiger partial charge is 0.303 e. The van der Waals surface area contributed by atoms with Gasteiger partial charge < -0.3 is 9.84 Å². The predicted molar refractivity (Wildman–Crippen MR) is 77.6 cm³/mol. The normalized spacial score (nSPS) is 10.7. The average Bonchev–Trinajstić information content (AvgIpc) is 2.37. The van der Waals surface area contributed by atoms with Gasteiger partial charge in [0, 0.05) is 18.4 Å². The summed E-state index contributed by atoms with van der Waals surface area (Å²) < 4.78 is 5.35. The number of carbonyl (C=O) groups excluding carboxylic acids is 1. The van der Waals surface area contributed by atoms with Gasteiger partial charge in [-0.3, -0.25) is 9.59 Å². The van der Waals surface area contributed by atoms with Crippen LogP contribution in [0, 0.1) is 6.92 Å². The Morgan fingerprint density at radius 1 is 1.25 bits per heavy atom. The molecule has 1 rings (SSSR count). The minimum atomic E-state index is -0.868. The number of carbonyl (C=O) groups is 2. The third-order valence-corrected chi connectivity index (χ3v) is 3.29. The Kier molecular flexibility index (Phi) is 5.74. The lowest BCUT2D eigenvalue weighted by Crippen LogP contribution is -2.06. The Hall–Kier alpha value is -1.84. The summed E-state index contributed by atoms with van der Waals surface area (Å²) in [5.41, 5.74) is 2.53. The van der Waals surface area contributed by atoms with Crippen LogP contribution in [-0.2, 0) is 4.79 Å². The number of aryl methyl sites for hydroxylation is 1. The molecule has 0 amide bonds. The maximum atomic E-state index is 12.2. The van der Waals surface area contributed by atoms with E-state index in [1.807, 2.05) is 32.9 Å². The van der Waals surface area contributed by atoms with E-state index < -0.39 is 5.97 Å². The van der Waals surface area contributed by atoms with Gasteiger partial charge in [-0.05, 0) is 42.5 Å². The van der Waals surface area contributed by atoms with Crippen LogP contribution in [0.5, 0.6) is 5.75 Å². The van der Waals surface area contributed by atoms with E-state index in [1.54, 1.807) is 7.11 Å². The van der Waals surface area contributed by atoms with E-state index in [0.29, 0.717) is 12.0 Å². The van der Waals surface area contributed by atoms with Crippen LogP contribution in [0.1, 0.15) is 60.5 Å². The first-order valence-electron chi connectivity index (χ1n) is 6.80. The second-order valence-corrected chi connectivity index (χ2v) is 5.23. The molecule has 0 heterocycles. The van der Waals surface area contributed by atoms with Crippen LogP contribution < -0.4 is 4.74 Å². The van der Waals surface area contributed by atoms with Gasteiger partial charge in [0.2, 0.25) is 0 Å². The Bertz CT molecular complexity index is 503. The van der Waals surface area contributed by atoms with E-state index >= 15 is 0 Å². The third-order valence-electron chi connectivity index (χ3n) is 3.29. The number of aliphatic carboxylic acids is 1. The topological polar surface area (TPSA) is 63.6 Å². The summed E-state index contributed by atoms with van der Waals surface area (Å²) in [6, 6.07) is 3.75. The highest BCUT2D eigenvalue weighted by molar-refractivity contribution is 5.98. The van der Waals surface area contributed by atoms with Gasteiger partial charge in [0.25, 0.3) is 0 Å². The zero-order chi connectivity index (χ0) is 15.3. The molecule has 0 bridgehead atoms. The van der Waals surface area contributed by atoms with Gasteiger partial charge in [0.15, 0.2) is 5.78 Å². The van der Waals surface area contributed by atoms with Gasteiger partial charge in [0.1, 0.15) is 5.75 Å². The molecule has 0 spiro atoms. The lowest BCUT2D eigenvalue weighted by Gasteiger charge is -2.15. The number of carboxylic acids is 1. The standard InChI is InChI=1S/C16H22O4/c1-10(2)12-9-13(11(3)8-15(12)20-4)14(17)6-5-7-16(18)19/h8-10H,5-7H2,1-4H3,(H,18,19). The zero-order valence-corrected chi connectivity index (χ0v) is 12.5.